The van der Waals surface area contributed by atoms with Gasteiger partial charge in [0.05, 0.1) is 6.54 Å². The third kappa shape index (κ3) is 2.91. The van der Waals surface area contributed by atoms with Crippen LogP contribution in [0.2, 0.25) is 0 Å². The second-order valence-corrected chi connectivity index (χ2v) is 7.91. The van der Waals surface area contributed by atoms with Gasteiger partial charge >= 0.3 is 6.03 Å². The van der Waals surface area contributed by atoms with E-state index in [9.17, 15) is 19.2 Å². The summed E-state index contributed by atoms with van der Waals surface area (Å²) in [5, 5.41) is 7.37. The van der Waals surface area contributed by atoms with Gasteiger partial charge in [-0.2, -0.15) is 0 Å². The minimum Gasteiger partial charge on any atom is -0.456 e. The average molecular weight is 433 g/mol. The maximum absolute atomic E-state index is 13.0. The number of hydrogen-bond donors (Lipinski definition) is 3. The van der Waals surface area contributed by atoms with E-state index in [1.165, 1.54) is 24.1 Å². The highest BCUT2D eigenvalue weighted by molar-refractivity contribution is 6.08. The molecule has 162 valence electrons. The Morgan fingerprint density at radius 1 is 1.22 bits per heavy atom. The summed E-state index contributed by atoms with van der Waals surface area (Å²) in [7, 11) is 1.50. The number of fused-ring (bicyclic) bond motifs is 2. The first-order chi connectivity index (χ1) is 15.3. The maximum Gasteiger partial charge on any atom is 0.322 e. The minimum absolute atomic E-state index is 0.123. The summed E-state index contributed by atoms with van der Waals surface area (Å²) in [6.07, 6.45) is 0. The fourth-order valence-corrected chi connectivity index (χ4v) is 4.13. The second-order valence-electron chi connectivity index (χ2n) is 7.91. The Bertz CT molecular complexity index is 1330. The third-order valence-electron chi connectivity index (χ3n) is 5.77. The van der Waals surface area contributed by atoms with E-state index in [4.69, 9.17) is 4.42 Å². The number of nitrogens with zero attached hydrogens (tertiary/aromatic N) is 2. The van der Waals surface area contributed by atoms with E-state index in [1.807, 2.05) is 25.1 Å². The molecule has 2 aliphatic heterocycles. The first kappa shape index (κ1) is 19.7. The van der Waals surface area contributed by atoms with Crippen LogP contribution < -0.4 is 16.0 Å². The fourth-order valence-electron chi connectivity index (χ4n) is 4.13. The highest BCUT2D eigenvalue weighted by Crippen LogP contribution is 2.34. The number of carbonyl (C=O) groups excluding carboxylic acids is 4. The smallest absolute Gasteiger partial charge is 0.322 e. The van der Waals surface area contributed by atoms with Crippen LogP contribution >= 0.6 is 0 Å². The Kier molecular flexibility index (Phi) is 4.26. The topological polar surface area (TPSA) is 134 Å². The fraction of sp³-hybridized carbons (Fsp3) is 0.227. The molecule has 1 saturated heterocycles. The lowest BCUT2D eigenvalue weighted by Gasteiger charge is -2.28. The number of aryl methyl sites for hydroxylation is 1. The number of urea groups is 1. The Morgan fingerprint density at radius 2 is 2.03 bits per heavy atom. The molecule has 4 heterocycles. The van der Waals surface area contributed by atoms with Gasteiger partial charge in [-0.15, -0.1) is 0 Å². The van der Waals surface area contributed by atoms with Crippen LogP contribution in [0.15, 0.2) is 40.8 Å². The number of furan rings is 1. The van der Waals surface area contributed by atoms with Crippen LogP contribution in [0.1, 0.15) is 37.7 Å². The molecule has 2 aliphatic rings. The number of pyridine rings is 1. The molecule has 0 radical (unpaired) electrons. The van der Waals surface area contributed by atoms with E-state index in [0.717, 1.165) is 11.1 Å². The largest absolute Gasteiger partial charge is 0.456 e. The van der Waals surface area contributed by atoms with E-state index >= 15 is 0 Å². The van der Waals surface area contributed by atoms with Gasteiger partial charge in [0.2, 0.25) is 0 Å². The number of imide groups is 1. The van der Waals surface area contributed by atoms with Crippen molar-refractivity contribution >= 4 is 34.9 Å². The number of amides is 5. The Morgan fingerprint density at radius 3 is 2.75 bits per heavy atom. The van der Waals surface area contributed by atoms with Gasteiger partial charge in [0, 0.05) is 25.2 Å². The van der Waals surface area contributed by atoms with E-state index in [1.54, 1.807) is 6.07 Å². The molecule has 2 aromatic heterocycles. The second kappa shape index (κ2) is 6.91. The molecule has 0 spiro atoms. The summed E-state index contributed by atoms with van der Waals surface area (Å²) < 4.78 is 5.88. The van der Waals surface area contributed by atoms with Crippen molar-refractivity contribution in [3.05, 3.63) is 64.5 Å². The van der Waals surface area contributed by atoms with Gasteiger partial charge in [0.15, 0.2) is 11.1 Å². The molecule has 3 N–H and O–H groups in total. The van der Waals surface area contributed by atoms with Crippen LogP contribution in [-0.4, -0.2) is 47.2 Å². The number of rotatable bonds is 4. The van der Waals surface area contributed by atoms with Gasteiger partial charge in [-0.05, 0) is 30.7 Å². The molecular weight excluding hydrogens is 414 g/mol. The molecule has 0 bridgehead atoms. The lowest BCUT2D eigenvalue weighted by atomic mass is 9.95. The molecule has 10 heteroatoms. The van der Waals surface area contributed by atoms with Gasteiger partial charge in [0.1, 0.15) is 17.0 Å². The number of benzene rings is 1. The zero-order valence-corrected chi connectivity index (χ0v) is 17.3. The Labute approximate surface area is 182 Å². The van der Waals surface area contributed by atoms with E-state index in [0.29, 0.717) is 23.2 Å². The van der Waals surface area contributed by atoms with Crippen LogP contribution in [0.25, 0.3) is 11.1 Å². The van der Waals surface area contributed by atoms with Crippen molar-refractivity contribution < 1.29 is 23.6 Å². The molecule has 32 heavy (non-hydrogen) atoms. The van der Waals surface area contributed by atoms with Crippen molar-refractivity contribution in [1.82, 2.24) is 25.8 Å². The Balaban J connectivity index is 1.55. The quantitative estimate of drug-likeness (QED) is 0.529. The Hall–Kier alpha value is -4.21. The van der Waals surface area contributed by atoms with Crippen molar-refractivity contribution in [3.8, 4) is 0 Å². The molecule has 10 nitrogen and oxygen atoms in total. The monoisotopic (exact) mass is 433 g/mol. The summed E-state index contributed by atoms with van der Waals surface area (Å²) in [5.41, 5.74) is 1.62. The van der Waals surface area contributed by atoms with Crippen molar-refractivity contribution in [2.24, 2.45) is 0 Å². The third-order valence-corrected chi connectivity index (χ3v) is 5.77. The van der Waals surface area contributed by atoms with E-state index < -0.39 is 17.5 Å². The molecule has 0 unspecified atom stereocenters. The summed E-state index contributed by atoms with van der Waals surface area (Å²) in [6.45, 7) is 2.08. The van der Waals surface area contributed by atoms with Crippen molar-refractivity contribution in [1.29, 1.82) is 0 Å². The normalized spacial score (nSPS) is 19.8. The molecule has 1 aromatic carbocycles. The van der Waals surface area contributed by atoms with Crippen molar-refractivity contribution in [3.63, 3.8) is 0 Å². The van der Waals surface area contributed by atoms with Crippen molar-refractivity contribution in [2.45, 2.75) is 19.0 Å². The van der Waals surface area contributed by atoms with Gasteiger partial charge < -0.3 is 20.0 Å². The summed E-state index contributed by atoms with van der Waals surface area (Å²) >= 11 is 0. The first-order valence-corrected chi connectivity index (χ1v) is 9.96. The van der Waals surface area contributed by atoms with Gasteiger partial charge in [0.25, 0.3) is 17.7 Å². The summed E-state index contributed by atoms with van der Waals surface area (Å²) in [6, 6.07) is 9.50. The van der Waals surface area contributed by atoms with Crippen molar-refractivity contribution in [2.75, 3.05) is 13.6 Å². The zero-order chi connectivity index (χ0) is 22.6. The van der Waals surface area contributed by atoms with Gasteiger partial charge in [-0.25, -0.2) is 9.78 Å². The van der Waals surface area contributed by atoms with Crippen LogP contribution in [-0.2, 0) is 16.9 Å². The van der Waals surface area contributed by atoms with E-state index in [-0.39, 0.29) is 29.8 Å². The molecule has 1 atom stereocenters. The van der Waals surface area contributed by atoms with Crippen LogP contribution in [0.3, 0.4) is 0 Å². The van der Waals surface area contributed by atoms with Gasteiger partial charge in [-0.3, -0.25) is 19.7 Å². The van der Waals surface area contributed by atoms with E-state index in [2.05, 4.69) is 20.9 Å². The molecule has 3 aromatic rings. The first-order valence-electron chi connectivity index (χ1n) is 9.96. The lowest BCUT2D eigenvalue weighted by molar-refractivity contribution is -0.125. The maximum atomic E-state index is 13.0. The number of nitrogens with one attached hydrogen (secondary N) is 3. The predicted octanol–water partition coefficient (Wildman–Crippen LogP) is 1.19. The highest BCUT2D eigenvalue weighted by Gasteiger charge is 2.53. The molecule has 5 rings (SSSR count). The number of aromatic nitrogens is 1. The molecule has 0 aliphatic carbocycles. The zero-order valence-electron chi connectivity index (χ0n) is 17.3. The molecule has 5 amide bonds. The summed E-state index contributed by atoms with van der Waals surface area (Å²) in [5.74, 6) is -1.11. The number of carbonyl (C=O) groups is 4. The standard InChI is InChI=1S/C22H19N5O5/c1-11-3-4-12-9-27(19(29)13(12)7-11)10-22(20(30)25-21(31)26-22)17-8-15-16(32-17)6-5-14(24-15)18(28)23-2/h3-8H,9-10H2,1-2H3,(H,23,28)(H2,25,26,30,31)/t22-/m0/s1. The predicted molar refractivity (Wildman–Crippen MR) is 112 cm³/mol. The summed E-state index contributed by atoms with van der Waals surface area (Å²) in [4.78, 5) is 55.8. The molecule has 1 fully saturated rings. The molecular formula is C22H19N5O5. The van der Waals surface area contributed by atoms with Crippen LogP contribution in [0.4, 0.5) is 4.79 Å². The number of hydrogen-bond acceptors (Lipinski definition) is 6. The average Bonchev–Trinajstić information content (AvgIpc) is 3.42. The molecule has 0 saturated carbocycles. The van der Waals surface area contributed by atoms with Crippen LogP contribution in [0.5, 0.6) is 0 Å². The lowest BCUT2D eigenvalue weighted by Crippen LogP contribution is -2.52. The highest BCUT2D eigenvalue weighted by atomic mass is 16.3. The minimum atomic E-state index is -1.63. The van der Waals surface area contributed by atoms with Crippen LogP contribution in [0, 0.1) is 6.92 Å². The van der Waals surface area contributed by atoms with Gasteiger partial charge in [-0.1, -0.05) is 17.7 Å². The SMILES string of the molecule is CNC(=O)c1ccc2oc([C@]3(CN4Cc5ccc(C)cc5C4=O)NC(=O)NC3=O)cc2n1.